The molecular formula is C10H8F3N3. The lowest BCUT2D eigenvalue weighted by molar-refractivity contribution is -0.137. The molecule has 0 atom stereocenters. The molecule has 1 aromatic heterocycles. The highest BCUT2D eigenvalue weighted by Gasteiger charge is 2.30. The Balaban J connectivity index is 2.37. The predicted molar refractivity (Wildman–Crippen MR) is 51.1 cm³/mol. The molecule has 6 heteroatoms. The number of benzene rings is 1. The lowest BCUT2D eigenvalue weighted by Crippen LogP contribution is -2.05. The molecule has 0 N–H and O–H groups in total. The molecular weight excluding hydrogens is 219 g/mol. The van der Waals surface area contributed by atoms with Gasteiger partial charge in [-0.15, -0.1) is 5.10 Å². The zero-order valence-electron chi connectivity index (χ0n) is 8.36. The number of halogens is 3. The van der Waals surface area contributed by atoms with E-state index in [0.717, 1.165) is 17.8 Å². The lowest BCUT2D eigenvalue weighted by Gasteiger charge is -2.07. The van der Waals surface area contributed by atoms with Crippen LogP contribution in [0.4, 0.5) is 13.2 Å². The van der Waals surface area contributed by atoms with E-state index in [9.17, 15) is 13.2 Å². The van der Waals surface area contributed by atoms with Crippen LogP contribution in [-0.4, -0.2) is 15.0 Å². The minimum absolute atomic E-state index is 0.558. The molecule has 1 heterocycles. The maximum absolute atomic E-state index is 12.3. The lowest BCUT2D eigenvalue weighted by atomic mass is 10.2. The Bertz CT molecular complexity index is 485. The summed E-state index contributed by atoms with van der Waals surface area (Å²) in [4.78, 5) is 0. The van der Waals surface area contributed by atoms with Gasteiger partial charge in [-0.3, -0.25) is 0 Å². The van der Waals surface area contributed by atoms with Gasteiger partial charge in [-0.1, -0.05) is 5.21 Å². The molecule has 2 aromatic rings. The summed E-state index contributed by atoms with van der Waals surface area (Å²) in [6.07, 6.45) is -2.77. The van der Waals surface area contributed by atoms with Crippen LogP contribution in [0.5, 0.6) is 0 Å². The van der Waals surface area contributed by atoms with Crippen molar-refractivity contribution >= 4 is 0 Å². The van der Waals surface area contributed by atoms with Crippen molar-refractivity contribution in [3.05, 3.63) is 41.7 Å². The van der Waals surface area contributed by atoms with Crippen LogP contribution in [0.3, 0.4) is 0 Å². The summed E-state index contributed by atoms with van der Waals surface area (Å²) >= 11 is 0. The van der Waals surface area contributed by atoms with Crippen LogP contribution in [0.1, 0.15) is 11.3 Å². The maximum Gasteiger partial charge on any atom is 0.416 e. The van der Waals surface area contributed by atoms with Crippen molar-refractivity contribution < 1.29 is 13.2 Å². The van der Waals surface area contributed by atoms with Crippen molar-refractivity contribution in [2.45, 2.75) is 13.1 Å². The molecule has 0 unspecified atom stereocenters. The third-order valence-corrected chi connectivity index (χ3v) is 2.16. The van der Waals surface area contributed by atoms with Gasteiger partial charge in [0, 0.05) is 0 Å². The molecule has 0 saturated carbocycles. The van der Waals surface area contributed by atoms with Gasteiger partial charge < -0.3 is 0 Å². The molecule has 0 aliphatic rings. The van der Waals surface area contributed by atoms with Gasteiger partial charge in [-0.25, -0.2) is 4.68 Å². The van der Waals surface area contributed by atoms with Crippen LogP contribution >= 0.6 is 0 Å². The Morgan fingerprint density at radius 1 is 1.12 bits per heavy atom. The number of aryl methyl sites for hydroxylation is 1. The second kappa shape index (κ2) is 3.62. The summed E-state index contributed by atoms with van der Waals surface area (Å²) in [6, 6.07) is 4.78. The van der Waals surface area contributed by atoms with E-state index in [1.807, 2.05) is 0 Å². The molecule has 2 rings (SSSR count). The van der Waals surface area contributed by atoms with Crippen LogP contribution in [-0.2, 0) is 6.18 Å². The highest BCUT2D eigenvalue weighted by atomic mass is 19.4. The van der Waals surface area contributed by atoms with E-state index in [4.69, 9.17) is 0 Å². The average Bonchev–Trinajstić information content (AvgIpc) is 2.63. The summed E-state index contributed by atoms with van der Waals surface area (Å²) in [7, 11) is 0. The molecule has 0 fully saturated rings. The van der Waals surface area contributed by atoms with Crippen molar-refractivity contribution in [2.24, 2.45) is 0 Å². The molecule has 1 aromatic carbocycles. The highest BCUT2D eigenvalue weighted by molar-refractivity contribution is 5.35. The molecule has 84 valence electrons. The van der Waals surface area contributed by atoms with E-state index in [0.29, 0.717) is 5.69 Å². The van der Waals surface area contributed by atoms with Crippen LogP contribution in [0, 0.1) is 6.92 Å². The number of hydrogen-bond donors (Lipinski definition) is 0. The number of alkyl halides is 3. The van der Waals surface area contributed by atoms with Crippen molar-refractivity contribution in [3.63, 3.8) is 0 Å². The zero-order chi connectivity index (χ0) is 11.8. The van der Waals surface area contributed by atoms with Gasteiger partial charge in [0.25, 0.3) is 0 Å². The first-order valence-electron chi connectivity index (χ1n) is 4.53. The van der Waals surface area contributed by atoms with E-state index in [-0.39, 0.29) is 0 Å². The Kier molecular flexibility index (Phi) is 2.41. The SMILES string of the molecule is Cc1cnnn1-c1ccc(C(F)(F)F)cc1. The second-order valence-corrected chi connectivity index (χ2v) is 3.33. The fourth-order valence-corrected chi connectivity index (χ4v) is 1.33. The molecule has 0 aliphatic heterocycles. The molecule has 0 radical (unpaired) electrons. The van der Waals surface area contributed by atoms with E-state index >= 15 is 0 Å². The van der Waals surface area contributed by atoms with Crippen molar-refractivity contribution in [2.75, 3.05) is 0 Å². The van der Waals surface area contributed by atoms with Crippen LogP contribution < -0.4 is 0 Å². The molecule has 0 amide bonds. The second-order valence-electron chi connectivity index (χ2n) is 3.33. The minimum Gasteiger partial charge on any atom is -0.218 e. The fraction of sp³-hybridized carbons (Fsp3) is 0.200. The number of rotatable bonds is 1. The van der Waals surface area contributed by atoms with E-state index < -0.39 is 11.7 Å². The first-order valence-corrected chi connectivity index (χ1v) is 4.53. The smallest absolute Gasteiger partial charge is 0.218 e. The molecule has 0 aliphatic carbocycles. The number of nitrogens with zero attached hydrogens (tertiary/aromatic N) is 3. The Hall–Kier alpha value is -1.85. The quantitative estimate of drug-likeness (QED) is 0.749. The normalized spacial score (nSPS) is 11.8. The fourth-order valence-electron chi connectivity index (χ4n) is 1.33. The summed E-state index contributed by atoms with van der Waals surface area (Å²) < 4.78 is 38.4. The van der Waals surface area contributed by atoms with E-state index in [1.54, 1.807) is 6.92 Å². The Labute approximate surface area is 89.5 Å². The minimum atomic E-state index is -4.31. The highest BCUT2D eigenvalue weighted by Crippen LogP contribution is 2.29. The Morgan fingerprint density at radius 3 is 2.19 bits per heavy atom. The Morgan fingerprint density at radius 2 is 1.75 bits per heavy atom. The number of aromatic nitrogens is 3. The summed E-state index contributed by atoms with van der Waals surface area (Å²) in [6.45, 7) is 1.78. The van der Waals surface area contributed by atoms with Crippen LogP contribution in [0.2, 0.25) is 0 Å². The first-order chi connectivity index (χ1) is 7.48. The van der Waals surface area contributed by atoms with E-state index in [2.05, 4.69) is 10.3 Å². The van der Waals surface area contributed by atoms with Crippen molar-refractivity contribution in [3.8, 4) is 5.69 Å². The maximum atomic E-state index is 12.3. The van der Waals surface area contributed by atoms with Crippen molar-refractivity contribution in [1.29, 1.82) is 0 Å². The molecule has 3 nitrogen and oxygen atoms in total. The summed E-state index contributed by atoms with van der Waals surface area (Å²) in [5.74, 6) is 0. The zero-order valence-corrected chi connectivity index (χ0v) is 8.36. The van der Waals surface area contributed by atoms with E-state index in [1.165, 1.54) is 23.0 Å². The van der Waals surface area contributed by atoms with Gasteiger partial charge in [-0.2, -0.15) is 13.2 Å². The topological polar surface area (TPSA) is 30.7 Å². The summed E-state index contributed by atoms with van der Waals surface area (Å²) in [5.41, 5.74) is 0.650. The van der Waals surface area contributed by atoms with Crippen molar-refractivity contribution in [1.82, 2.24) is 15.0 Å². The van der Waals surface area contributed by atoms with Gasteiger partial charge in [0.05, 0.1) is 23.1 Å². The van der Waals surface area contributed by atoms with Gasteiger partial charge in [0.1, 0.15) is 0 Å². The van der Waals surface area contributed by atoms with Crippen LogP contribution in [0.25, 0.3) is 5.69 Å². The van der Waals surface area contributed by atoms with Gasteiger partial charge in [0.15, 0.2) is 0 Å². The van der Waals surface area contributed by atoms with Gasteiger partial charge >= 0.3 is 6.18 Å². The third kappa shape index (κ3) is 1.91. The van der Waals surface area contributed by atoms with Gasteiger partial charge in [0.2, 0.25) is 0 Å². The standard InChI is InChI=1S/C10H8F3N3/c1-7-6-14-15-16(7)9-4-2-8(3-5-9)10(11,12)13/h2-6H,1H3. The molecule has 0 saturated heterocycles. The monoisotopic (exact) mass is 227 g/mol. The third-order valence-electron chi connectivity index (χ3n) is 2.16. The van der Waals surface area contributed by atoms with Crippen LogP contribution in [0.15, 0.2) is 30.5 Å². The summed E-state index contributed by atoms with van der Waals surface area (Å²) in [5, 5.41) is 7.42. The molecule has 0 spiro atoms. The predicted octanol–water partition coefficient (Wildman–Crippen LogP) is 2.59. The van der Waals surface area contributed by atoms with Gasteiger partial charge in [-0.05, 0) is 31.2 Å². The number of hydrogen-bond acceptors (Lipinski definition) is 2. The first kappa shape index (κ1) is 10.7. The average molecular weight is 227 g/mol. The largest absolute Gasteiger partial charge is 0.416 e. The molecule has 16 heavy (non-hydrogen) atoms. The molecule has 0 bridgehead atoms.